The number of guanidine groups is 1. The van der Waals surface area contributed by atoms with Crippen molar-refractivity contribution < 1.29 is 9.18 Å². The molecule has 9 heteroatoms. The Hall–Kier alpha value is -3.75. The lowest BCUT2D eigenvalue weighted by molar-refractivity contribution is 0.0763. The Balaban J connectivity index is 1.34. The molecule has 0 spiro atoms. The lowest BCUT2D eigenvalue weighted by Crippen LogP contribution is -2.44. The number of amides is 1. The SMILES string of the molecule is Cc1ccc(-n2nccn2)c(C(=O)N2CCCN(C3=Nc4ccc(F)cc4CN3)CC2)c1. The van der Waals surface area contributed by atoms with E-state index in [9.17, 15) is 9.18 Å². The van der Waals surface area contributed by atoms with Crippen molar-refractivity contribution in [1.29, 1.82) is 0 Å². The van der Waals surface area contributed by atoms with Gasteiger partial charge in [0.1, 0.15) is 5.82 Å². The summed E-state index contributed by atoms with van der Waals surface area (Å²) in [6.07, 6.45) is 4.02. The minimum Gasteiger partial charge on any atom is -0.352 e. The van der Waals surface area contributed by atoms with Gasteiger partial charge in [-0.3, -0.25) is 4.79 Å². The summed E-state index contributed by atoms with van der Waals surface area (Å²) in [5.41, 5.74) is 3.91. The fourth-order valence-electron chi connectivity index (χ4n) is 4.15. The van der Waals surface area contributed by atoms with Crippen LogP contribution in [-0.4, -0.2) is 62.8 Å². The quantitative estimate of drug-likeness (QED) is 0.672. The lowest BCUT2D eigenvalue weighted by atomic mass is 10.1. The Labute approximate surface area is 185 Å². The molecule has 2 aliphatic rings. The first-order valence-corrected chi connectivity index (χ1v) is 10.7. The van der Waals surface area contributed by atoms with Crippen LogP contribution in [0.3, 0.4) is 0 Å². The highest BCUT2D eigenvalue weighted by molar-refractivity contribution is 5.98. The number of hydrogen-bond acceptors (Lipinski definition) is 6. The third-order valence-electron chi connectivity index (χ3n) is 5.80. The average Bonchev–Trinajstić information content (AvgIpc) is 3.22. The maximum Gasteiger partial charge on any atom is 0.256 e. The predicted molar refractivity (Wildman–Crippen MR) is 119 cm³/mol. The molecule has 1 aromatic heterocycles. The molecular weight excluding hydrogens is 409 g/mol. The Kier molecular flexibility index (Phi) is 5.30. The topological polar surface area (TPSA) is 78.7 Å². The first-order chi connectivity index (χ1) is 15.6. The average molecular weight is 433 g/mol. The first kappa shape index (κ1) is 20.2. The summed E-state index contributed by atoms with van der Waals surface area (Å²) >= 11 is 0. The number of nitrogens with one attached hydrogen (secondary N) is 1. The summed E-state index contributed by atoms with van der Waals surface area (Å²) < 4.78 is 13.5. The van der Waals surface area contributed by atoms with Crippen LogP contribution in [0.25, 0.3) is 5.69 Å². The number of rotatable bonds is 2. The van der Waals surface area contributed by atoms with Gasteiger partial charge in [0.2, 0.25) is 0 Å². The molecule has 5 rings (SSSR count). The van der Waals surface area contributed by atoms with Crippen molar-refractivity contribution in [2.24, 2.45) is 4.99 Å². The van der Waals surface area contributed by atoms with E-state index in [2.05, 4.69) is 25.4 Å². The van der Waals surface area contributed by atoms with Crippen LogP contribution in [-0.2, 0) is 6.54 Å². The summed E-state index contributed by atoms with van der Waals surface area (Å²) in [5.74, 6) is 0.492. The molecule has 2 aliphatic heterocycles. The van der Waals surface area contributed by atoms with Crippen LogP contribution < -0.4 is 5.32 Å². The molecule has 0 aliphatic carbocycles. The van der Waals surface area contributed by atoms with Crippen LogP contribution in [0.15, 0.2) is 53.8 Å². The van der Waals surface area contributed by atoms with Crippen molar-refractivity contribution in [2.75, 3.05) is 26.2 Å². The largest absolute Gasteiger partial charge is 0.352 e. The van der Waals surface area contributed by atoms with Gasteiger partial charge in [0, 0.05) is 32.7 Å². The van der Waals surface area contributed by atoms with Crippen molar-refractivity contribution in [1.82, 2.24) is 30.1 Å². The second-order valence-electron chi connectivity index (χ2n) is 8.03. The zero-order valence-electron chi connectivity index (χ0n) is 17.8. The predicted octanol–water partition coefficient (Wildman–Crippen LogP) is 2.65. The number of aryl methyl sites for hydroxylation is 1. The fourth-order valence-corrected chi connectivity index (χ4v) is 4.15. The zero-order chi connectivity index (χ0) is 22.1. The second kappa shape index (κ2) is 8.41. The van der Waals surface area contributed by atoms with Crippen LogP contribution in [0.5, 0.6) is 0 Å². The van der Waals surface area contributed by atoms with E-state index >= 15 is 0 Å². The molecule has 3 heterocycles. The monoisotopic (exact) mass is 433 g/mol. The fraction of sp³-hybridized carbons (Fsp3) is 0.304. The summed E-state index contributed by atoms with van der Waals surface area (Å²) in [6.45, 7) is 5.19. The standard InChI is InChI=1S/C23H24FN7O/c1-16-3-6-21(31-26-7-8-27-31)19(13-16)22(32)29-9-2-10-30(12-11-29)23-25-15-17-14-18(24)4-5-20(17)28-23/h3-8,13-14H,2,9-12,15H2,1H3,(H,25,28). The van der Waals surface area contributed by atoms with E-state index in [0.29, 0.717) is 37.4 Å². The number of nitrogens with zero attached hydrogens (tertiary/aromatic N) is 6. The molecule has 1 amide bonds. The number of carbonyl (C=O) groups excluding carboxylic acids is 1. The molecule has 1 fully saturated rings. The van der Waals surface area contributed by atoms with Gasteiger partial charge in [0.05, 0.1) is 29.3 Å². The van der Waals surface area contributed by atoms with E-state index in [1.165, 1.54) is 16.9 Å². The molecule has 0 radical (unpaired) electrons. The summed E-state index contributed by atoms with van der Waals surface area (Å²) in [5, 5.41) is 11.7. The third-order valence-corrected chi connectivity index (χ3v) is 5.80. The summed E-state index contributed by atoms with van der Waals surface area (Å²) in [6, 6.07) is 10.4. The molecule has 0 saturated carbocycles. The smallest absolute Gasteiger partial charge is 0.256 e. The number of halogens is 1. The van der Waals surface area contributed by atoms with Crippen molar-refractivity contribution in [3.8, 4) is 5.69 Å². The summed E-state index contributed by atoms with van der Waals surface area (Å²) in [7, 11) is 0. The van der Waals surface area contributed by atoms with E-state index < -0.39 is 0 Å². The van der Waals surface area contributed by atoms with E-state index in [-0.39, 0.29) is 11.7 Å². The maximum atomic E-state index is 13.5. The Morgan fingerprint density at radius 3 is 2.72 bits per heavy atom. The van der Waals surface area contributed by atoms with Crippen molar-refractivity contribution in [2.45, 2.75) is 19.9 Å². The van der Waals surface area contributed by atoms with Gasteiger partial charge >= 0.3 is 0 Å². The minimum atomic E-state index is -0.256. The van der Waals surface area contributed by atoms with Gasteiger partial charge in [0.25, 0.3) is 5.91 Å². The van der Waals surface area contributed by atoms with E-state index in [0.717, 1.165) is 35.7 Å². The Bertz CT molecular complexity index is 1180. The van der Waals surface area contributed by atoms with Gasteiger partial charge in [-0.15, -0.1) is 0 Å². The van der Waals surface area contributed by atoms with Crippen LogP contribution in [0.1, 0.15) is 27.9 Å². The molecular formula is C23H24FN7O. The van der Waals surface area contributed by atoms with E-state index in [1.54, 1.807) is 18.5 Å². The molecule has 32 heavy (non-hydrogen) atoms. The first-order valence-electron chi connectivity index (χ1n) is 10.7. The van der Waals surface area contributed by atoms with Crippen molar-refractivity contribution >= 4 is 17.6 Å². The van der Waals surface area contributed by atoms with E-state index in [4.69, 9.17) is 0 Å². The zero-order valence-corrected chi connectivity index (χ0v) is 17.8. The second-order valence-corrected chi connectivity index (χ2v) is 8.03. The molecule has 164 valence electrons. The van der Waals surface area contributed by atoms with Crippen LogP contribution in [0, 0.1) is 12.7 Å². The number of hydrogen-bond donors (Lipinski definition) is 1. The highest BCUT2D eigenvalue weighted by atomic mass is 19.1. The van der Waals surface area contributed by atoms with Gasteiger partial charge in [0.15, 0.2) is 5.96 Å². The third kappa shape index (κ3) is 3.93. The molecule has 0 atom stereocenters. The van der Waals surface area contributed by atoms with Gasteiger partial charge in [-0.1, -0.05) is 11.6 Å². The molecule has 1 saturated heterocycles. The van der Waals surface area contributed by atoms with Crippen LogP contribution in [0.2, 0.25) is 0 Å². The molecule has 3 aromatic rings. The number of carbonyl (C=O) groups is 1. The number of aliphatic imine (C=N–C) groups is 1. The van der Waals surface area contributed by atoms with Gasteiger partial charge in [-0.25, -0.2) is 9.38 Å². The van der Waals surface area contributed by atoms with Crippen LogP contribution in [0.4, 0.5) is 10.1 Å². The molecule has 0 bridgehead atoms. The minimum absolute atomic E-state index is 0.0257. The molecule has 2 aromatic carbocycles. The van der Waals surface area contributed by atoms with Gasteiger partial charge in [-0.2, -0.15) is 15.0 Å². The maximum absolute atomic E-state index is 13.5. The van der Waals surface area contributed by atoms with E-state index in [1.807, 2.05) is 30.0 Å². The van der Waals surface area contributed by atoms with Crippen molar-refractivity contribution in [3.63, 3.8) is 0 Å². The Morgan fingerprint density at radius 1 is 1.03 bits per heavy atom. The molecule has 8 nitrogen and oxygen atoms in total. The normalized spacial score (nSPS) is 16.1. The summed E-state index contributed by atoms with van der Waals surface area (Å²) in [4.78, 5) is 23.7. The Morgan fingerprint density at radius 2 is 1.88 bits per heavy atom. The van der Waals surface area contributed by atoms with Gasteiger partial charge < -0.3 is 15.1 Å². The van der Waals surface area contributed by atoms with Crippen LogP contribution >= 0.6 is 0 Å². The highest BCUT2D eigenvalue weighted by Gasteiger charge is 2.25. The number of aromatic nitrogens is 3. The molecule has 1 N–H and O–H groups in total. The molecule has 0 unspecified atom stereocenters. The lowest BCUT2D eigenvalue weighted by Gasteiger charge is -2.28. The number of benzene rings is 2. The highest BCUT2D eigenvalue weighted by Crippen LogP contribution is 2.24. The number of fused-ring (bicyclic) bond motifs is 1. The van der Waals surface area contributed by atoms with Crippen molar-refractivity contribution in [3.05, 3.63) is 71.3 Å². The van der Waals surface area contributed by atoms with Gasteiger partial charge in [-0.05, 0) is 49.2 Å².